The maximum atomic E-state index is 14.0. The van der Waals surface area contributed by atoms with E-state index in [1.165, 1.54) is 41.3 Å². The largest absolute Gasteiger partial charge is 0.350 e. The smallest absolute Gasteiger partial charge is 0.264 e. The van der Waals surface area contributed by atoms with Crippen LogP contribution in [0.3, 0.4) is 0 Å². The van der Waals surface area contributed by atoms with E-state index in [4.69, 9.17) is 46.4 Å². The highest BCUT2D eigenvalue weighted by molar-refractivity contribution is 7.92. The molecule has 3 rings (SSSR count). The molecule has 0 radical (unpaired) electrons. The lowest BCUT2D eigenvalue weighted by atomic mass is 10.1. The molecule has 12 heteroatoms. The molecule has 7 nitrogen and oxygen atoms in total. The molecule has 1 atom stereocenters. The van der Waals surface area contributed by atoms with Crippen LogP contribution in [0.1, 0.15) is 33.3 Å². The van der Waals surface area contributed by atoms with Crippen molar-refractivity contribution in [2.24, 2.45) is 0 Å². The van der Waals surface area contributed by atoms with Gasteiger partial charge in [0, 0.05) is 27.2 Å². The second-order valence-corrected chi connectivity index (χ2v) is 13.6. The Morgan fingerprint density at radius 3 is 2.00 bits per heavy atom. The zero-order chi connectivity index (χ0) is 29.8. The highest BCUT2D eigenvalue weighted by Gasteiger charge is 2.34. The summed E-state index contributed by atoms with van der Waals surface area (Å²) in [7, 11) is -4.27. The van der Waals surface area contributed by atoms with Crippen molar-refractivity contribution in [2.75, 3.05) is 10.8 Å². The van der Waals surface area contributed by atoms with E-state index < -0.39 is 40.0 Å². The van der Waals surface area contributed by atoms with Gasteiger partial charge in [-0.2, -0.15) is 0 Å². The number of nitrogens with zero attached hydrogens (tertiary/aromatic N) is 2. The van der Waals surface area contributed by atoms with Crippen LogP contribution in [0, 0.1) is 0 Å². The Hall–Kier alpha value is -2.49. The lowest BCUT2D eigenvalue weighted by Crippen LogP contribution is -2.54. The molecule has 0 spiro atoms. The predicted octanol–water partition coefficient (Wildman–Crippen LogP) is 6.83. The highest BCUT2D eigenvalue weighted by atomic mass is 35.5. The minimum Gasteiger partial charge on any atom is -0.350 e. The summed E-state index contributed by atoms with van der Waals surface area (Å²) in [5.41, 5.74) is 0.00803. The van der Waals surface area contributed by atoms with Crippen molar-refractivity contribution in [2.45, 2.75) is 50.7 Å². The van der Waals surface area contributed by atoms with Crippen molar-refractivity contribution in [1.29, 1.82) is 0 Å². The molecule has 3 aromatic carbocycles. The Bertz CT molecular complexity index is 1500. The second-order valence-electron chi connectivity index (χ2n) is 10.1. The number of hydrogen-bond donors (Lipinski definition) is 1. The van der Waals surface area contributed by atoms with Gasteiger partial charge in [-0.05, 0) is 75.7 Å². The SMILES string of the molecule is C[C@H](C(=O)NC(C)(C)C)N(Cc1ccc(Cl)cc1Cl)C(=O)CN(c1ccc(Cl)cc1Cl)S(=O)(=O)c1ccccc1. The standard InChI is InChI=1S/C28H29Cl4N3O4S/c1-18(27(37)33-28(2,3)4)34(16-19-10-11-20(29)14-23(19)31)26(36)17-35(25-13-12-21(30)15-24(25)32)40(38,39)22-8-6-5-7-9-22/h5-15,18H,16-17H2,1-4H3,(H,33,37)/t18-/m1/s1. The summed E-state index contributed by atoms with van der Waals surface area (Å²) in [5.74, 6) is -1.08. The van der Waals surface area contributed by atoms with Crippen LogP contribution in [0.15, 0.2) is 71.6 Å². The Morgan fingerprint density at radius 2 is 1.45 bits per heavy atom. The summed E-state index contributed by atoms with van der Waals surface area (Å²) in [4.78, 5) is 28.4. The predicted molar refractivity (Wildman–Crippen MR) is 162 cm³/mol. The molecular weight excluding hydrogens is 616 g/mol. The number of sulfonamides is 1. The summed E-state index contributed by atoms with van der Waals surface area (Å²) < 4.78 is 28.5. The van der Waals surface area contributed by atoms with E-state index in [9.17, 15) is 18.0 Å². The molecule has 0 heterocycles. The third kappa shape index (κ3) is 8.04. The van der Waals surface area contributed by atoms with Crippen LogP contribution in [-0.2, 0) is 26.2 Å². The molecular formula is C28H29Cl4N3O4S. The average molecular weight is 645 g/mol. The monoisotopic (exact) mass is 643 g/mol. The fourth-order valence-electron chi connectivity index (χ4n) is 3.81. The summed E-state index contributed by atoms with van der Waals surface area (Å²) in [6, 6.07) is 15.8. The average Bonchev–Trinajstić information content (AvgIpc) is 2.86. The van der Waals surface area contributed by atoms with Gasteiger partial charge in [-0.25, -0.2) is 8.42 Å². The van der Waals surface area contributed by atoms with Gasteiger partial charge >= 0.3 is 0 Å². The Balaban J connectivity index is 2.08. The molecule has 1 N–H and O–H groups in total. The van der Waals surface area contributed by atoms with Gasteiger partial charge in [-0.1, -0.05) is 70.7 Å². The van der Waals surface area contributed by atoms with E-state index >= 15 is 0 Å². The van der Waals surface area contributed by atoms with E-state index in [1.54, 1.807) is 37.3 Å². The summed E-state index contributed by atoms with van der Waals surface area (Å²) >= 11 is 24.9. The summed E-state index contributed by atoms with van der Waals surface area (Å²) in [6.07, 6.45) is 0. The molecule has 0 aliphatic carbocycles. The van der Waals surface area contributed by atoms with Crippen molar-refractivity contribution in [3.05, 3.63) is 92.4 Å². The zero-order valence-corrected chi connectivity index (χ0v) is 26.1. The summed E-state index contributed by atoms with van der Waals surface area (Å²) in [5, 5.41) is 3.89. The molecule has 2 amide bonds. The molecule has 3 aromatic rings. The minimum absolute atomic E-state index is 0.0330. The Kier molecular flexibility index (Phi) is 10.4. The van der Waals surface area contributed by atoms with Crippen molar-refractivity contribution in [3.8, 4) is 0 Å². The number of anilines is 1. The normalized spacial score (nSPS) is 12.5. The van der Waals surface area contributed by atoms with Crippen LogP contribution in [-0.4, -0.2) is 43.3 Å². The Labute approximate surface area is 255 Å². The first-order valence-corrected chi connectivity index (χ1v) is 15.1. The van der Waals surface area contributed by atoms with E-state index in [-0.39, 0.29) is 22.2 Å². The number of carbonyl (C=O) groups is 2. The van der Waals surface area contributed by atoms with Crippen LogP contribution in [0.2, 0.25) is 20.1 Å². The van der Waals surface area contributed by atoms with Gasteiger partial charge in [-0.15, -0.1) is 0 Å². The summed E-state index contributed by atoms with van der Waals surface area (Å²) in [6.45, 7) is 6.27. The third-order valence-corrected chi connectivity index (χ3v) is 8.71. The number of benzene rings is 3. The Morgan fingerprint density at radius 1 is 0.875 bits per heavy atom. The first-order chi connectivity index (χ1) is 18.6. The first-order valence-electron chi connectivity index (χ1n) is 12.2. The van der Waals surface area contributed by atoms with E-state index in [2.05, 4.69) is 5.32 Å². The number of carbonyl (C=O) groups excluding carboxylic acids is 2. The van der Waals surface area contributed by atoms with Crippen LogP contribution >= 0.6 is 46.4 Å². The topological polar surface area (TPSA) is 86.8 Å². The van der Waals surface area contributed by atoms with Gasteiger partial charge in [0.2, 0.25) is 11.8 Å². The van der Waals surface area contributed by atoms with Gasteiger partial charge in [-0.3, -0.25) is 13.9 Å². The number of nitrogens with one attached hydrogen (secondary N) is 1. The van der Waals surface area contributed by atoms with E-state index in [0.717, 1.165) is 4.31 Å². The maximum Gasteiger partial charge on any atom is 0.264 e. The fourth-order valence-corrected chi connectivity index (χ4v) is 6.29. The van der Waals surface area contributed by atoms with Crippen molar-refractivity contribution in [1.82, 2.24) is 10.2 Å². The zero-order valence-electron chi connectivity index (χ0n) is 22.3. The molecule has 40 heavy (non-hydrogen) atoms. The molecule has 214 valence electrons. The van der Waals surface area contributed by atoms with Gasteiger partial charge in [0.15, 0.2) is 0 Å². The second kappa shape index (κ2) is 13.0. The first kappa shape index (κ1) is 32.0. The van der Waals surface area contributed by atoms with Crippen LogP contribution in [0.4, 0.5) is 5.69 Å². The molecule has 0 aromatic heterocycles. The number of rotatable bonds is 9. The minimum atomic E-state index is -4.27. The highest BCUT2D eigenvalue weighted by Crippen LogP contribution is 2.33. The quantitative estimate of drug-likeness (QED) is 0.277. The van der Waals surface area contributed by atoms with Crippen molar-refractivity contribution >= 4 is 73.9 Å². The molecule has 0 aliphatic rings. The van der Waals surface area contributed by atoms with E-state index in [0.29, 0.717) is 20.6 Å². The molecule has 0 fully saturated rings. The van der Waals surface area contributed by atoms with Gasteiger partial charge in [0.05, 0.1) is 15.6 Å². The number of amides is 2. The fraction of sp³-hybridized carbons (Fsp3) is 0.286. The molecule has 0 bridgehead atoms. The molecule has 0 unspecified atom stereocenters. The van der Waals surface area contributed by atoms with Crippen LogP contribution in [0.5, 0.6) is 0 Å². The van der Waals surface area contributed by atoms with Crippen LogP contribution < -0.4 is 9.62 Å². The van der Waals surface area contributed by atoms with Crippen molar-refractivity contribution in [3.63, 3.8) is 0 Å². The third-order valence-electron chi connectivity index (χ3n) is 5.81. The van der Waals surface area contributed by atoms with Crippen molar-refractivity contribution < 1.29 is 18.0 Å². The maximum absolute atomic E-state index is 14.0. The molecule has 0 saturated heterocycles. The number of halogens is 4. The van der Waals surface area contributed by atoms with Gasteiger partial charge in [0.25, 0.3) is 10.0 Å². The van der Waals surface area contributed by atoms with E-state index in [1.807, 2.05) is 20.8 Å². The van der Waals surface area contributed by atoms with Gasteiger partial charge < -0.3 is 10.2 Å². The van der Waals surface area contributed by atoms with Gasteiger partial charge in [0.1, 0.15) is 12.6 Å². The molecule has 0 saturated carbocycles. The molecule has 0 aliphatic heterocycles. The van der Waals surface area contributed by atoms with Crippen LogP contribution in [0.25, 0.3) is 0 Å². The lowest BCUT2D eigenvalue weighted by molar-refractivity contribution is -0.140. The number of hydrogen-bond acceptors (Lipinski definition) is 4. The lowest BCUT2D eigenvalue weighted by Gasteiger charge is -2.33.